The number of nitrogens with one attached hydrogen (secondary N) is 1. The van der Waals surface area contributed by atoms with Gasteiger partial charge in [0.2, 0.25) is 5.91 Å². The molecule has 0 aliphatic heterocycles. The van der Waals surface area contributed by atoms with Crippen molar-refractivity contribution < 1.29 is 9.18 Å². The number of hydrogen-bond donors (Lipinski definition) is 1. The van der Waals surface area contributed by atoms with E-state index in [2.05, 4.69) is 11.2 Å². The minimum atomic E-state index is -0.317. The molecule has 0 aliphatic rings. The second-order valence-corrected chi connectivity index (χ2v) is 3.42. The number of rotatable bonds is 5. The van der Waals surface area contributed by atoms with E-state index in [9.17, 15) is 9.18 Å². The van der Waals surface area contributed by atoms with Crippen molar-refractivity contribution in [3.8, 4) is 12.3 Å². The lowest BCUT2D eigenvalue weighted by Crippen LogP contribution is -2.38. The first-order valence-corrected chi connectivity index (χ1v) is 5.39. The summed E-state index contributed by atoms with van der Waals surface area (Å²) in [5.74, 6) is 1.99. The number of likely N-dealkylation sites (N-methyl/N-ethyl adjacent to an activating group) is 1. The van der Waals surface area contributed by atoms with Crippen LogP contribution in [0.3, 0.4) is 0 Å². The van der Waals surface area contributed by atoms with Crippen LogP contribution in [-0.4, -0.2) is 25.5 Å². The normalized spacial score (nSPS) is 9.71. The van der Waals surface area contributed by atoms with Gasteiger partial charge in [0, 0.05) is 12.2 Å². The Balaban J connectivity index is 2.67. The smallest absolute Gasteiger partial charge is 0.240 e. The Bertz CT molecular complexity index is 408. The molecule has 0 atom stereocenters. The highest BCUT2D eigenvalue weighted by Gasteiger charge is 2.12. The van der Waals surface area contributed by atoms with Crippen LogP contribution in [0.5, 0.6) is 0 Å². The Hall–Kier alpha value is -1.86. The zero-order chi connectivity index (χ0) is 12.7. The van der Waals surface area contributed by atoms with E-state index in [4.69, 9.17) is 6.42 Å². The van der Waals surface area contributed by atoms with E-state index in [-0.39, 0.29) is 18.3 Å². The van der Waals surface area contributed by atoms with Crippen LogP contribution in [0.4, 0.5) is 10.1 Å². The first-order valence-electron chi connectivity index (χ1n) is 5.39. The van der Waals surface area contributed by atoms with Crippen molar-refractivity contribution in [3.63, 3.8) is 0 Å². The van der Waals surface area contributed by atoms with Crippen molar-refractivity contribution in [3.05, 3.63) is 30.1 Å². The van der Waals surface area contributed by atoms with Crippen molar-refractivity contribution in [1.29, 1.82) is 0 Å². The van der Waals surface area contributed by atoms with Crippen LogP contribution in [0, 0.1) is 18.2 Å². The molecule has 0 bridgehead atoms. The minimum absolute atomic E-state index is 0.0886. The average molecular weight is 234 g/mol. The number of hydrogen-bond acceptors (Lipinski definition) is 2. The third kappa shape index (κ3) is 3.89. The maximum Gasteiger partial charge on any atom is 0.240 e. The predicted octanol–water partition coefficient (Wildman–Crippen LogP) is 1.40. The molecule has 0 aromatic heterocycles. The fraction of sp³-hybridized carbons (Fsp3) is 0.308. The summed E-state index contributed by atoms with van der Waals surface area (Å²) in [6.07, 6.45) is 5.07. The van der Waals surface area contributed by atoms with Crippen molar-refractivity contribution in [2.24, 2.45) is 0 Å². The van der Waals surface area contributed by atoms with E-state index in [1.165, 1.54) is 12.1 Å². The monoisotopic (exact) mass is 234 g/mol. The molecule has 1 amide bonds. The Morgan fingerprint density at radius 2 is 2.12 bits per heavy atom. The van der Waals surface area contributed by atoms with Crippen LogP contribution >= 0.6 is 0 Å². The number of carbonyl (C=O) groups is 1. The fourth-order valence-electron chi connectivity index (χ4n) is 1.46. The number of amides is 1. The Kier molecular flexibility index (Phi) is 5.18. The Morgan fingerprint density at radius 1 is 1.47 bits per heavy atom. The van der Waals surface area contributed by atoms with E-state index in [0.717, 1.165) is 0 Å². The van der Waals surface area contributed by atoms with Crippen molar-refractivity contribution >= 4 is 11.6 Å². The maximum atomic E-state index is 12.8. The van der Waals surface area contributed by atoms with E-state index < -0.39 is 0 Å². The molecular weight excluding hydrogens is 219 g/mol. The molecule has 4 heteroatoms. The predicted molar refractivity (Wildman–Crippen MR) is 66.1 cm³/mol. The van der Waals surface area contributed by atoms with Crippen molar-refractivity contribution in [1.82, 2.24) is 5.32 Å². The number of nitrogens with zero attached hydrogens (tertiary/aromatic N) is 1. The van der Waals surface area contributed by atoms with E-state index in [0.29, 0.717) is 18.8 Å². The lowest BCUT2D eigenvalue weighted by atomic mass is 10.2. The van der Waals surface area contributed by atoms with Gasteiger partial charge in [-0.2, -0.15) is 0 Å². The van der Waals surface area contributed by atoms with Gasteiger partial charge < -0.3 is 4.90 Å². The van der Waals surface area contributed by atoms with Gasteiger partial charge in [-0.15, -0.1) is 6.42 Å². The summed E-state index contributed by atoms with van der Waals surface area (Å²) in [5.41, 5.74) is 0.682. The summed E-state index contributed by atoms with van der Waals surface area (Å²) in [5, 5.41) is 2.83. The summed E-state index contributed by atoms with van der Waals surface area (Å²) in [7, 11) is 0. The van der Waals surface area contributed by atoms with Gasteiger partial charge in [-0.25, -0.2) is 4.39 Å². The Morgan fingerprint density at radius 3 is 2.65 bits per heavy atom. The van der Waals surface area contributed by atoms with Gasteiger partial charge in [0.1, 0.15) is 5.82 Å². The highest BCUT2D eigenvalue weighted by molar-refractivity contribution is 5.94. The molecule has 0 saturated heterocycles. The molecule has 17 heavy (non-hydrogen) atoms. The highest BCUT2D eigenvalue weighted by Crippen LogP contribution is 2.14. The quantitative estimate of drug-likeness (QED) is 0.617. The van der Waals surface area contributed by atoms with Crippen LogP contribution in [0.1, 0.15) is 6.92 Å². The molecule has 0 unspecified atom stereocenters. The van der Waals surface area contributed by atoms with Gasteiger partial charge in [0.25, 0.3) is 0 Å². The largest absolute Gasteiger partial charge is 0.312 e. The first kappa shape index (κ1) is 13.2. The molecule has 0 spiro atoms. The SMILES string of the molecule is C#CCNCC(=O)N(CC)c1ccc(F)cc1. The number of terminal acetylenes is 1. The highest BCUT2D eigenvalue weighted by atomic mass is 19.1. The minimum Gasteiger partial charge on any atom is -0.312 e. The van der Waals surface area contributed by atoms with E-state index >= 15 is 0 Å². The van der Waals surface area contributed by atoms with Gasteiger partial charge in [0.05, 0.1) is 13.1 Å². The van der Waals surface area contributed by atoms with Crippen LogP contribution in [0.15, 0.2) is 24.3 Å². The second-order valence-electron chi connectivity index (χ2n) is 3.42. The number of carbonyl (C=O) groups excluding carboxylic acids is 1. The molecule has 90 valence electrons. The molecule has 1 aromatic rings. The van der Waals surface area contributed by atoms with E-state index in [1.807, 2.05) is 6.92 Å². The topological polar surface area (TPSA) is 32.3 Å². The molecule has 0 fully saturated rings. The summed E-state index contributed by atoms with van der Waals surface area (Å²) in [6.45, 7) is 2.92. The van der Waals surface area contributed by atoms with Gasteiger partial charge >= 0.3 is 0 Å². The molecule has 3 nitrogen and oxygen atoms in total. The molecule has 0 aliphatic carbocycles. The molecule has 0 heterocycles. The number of halogens is 1. The van der Waals surface area contributed by atoms with Gasteiger partial charge in [0.15, 0.2) is 0 Å². The first-order chi connectivity index (χ1) is 8.19. The average Bonchev–Trinajstić information content (AvgIpc) is 2.33. The number of benzene rings is 1. The van der Waals surface area contributed by atoms with Gasteiger partial charge in [-0.3, -0.25) is 10.1 Å². The molecule has 1 rings (SSSR count). The standard InChI is InChI=1S/C13H15FN2O/c1-3-9-15-10-13(17)16(4-2)12-7-5-11(14)6-8-12/h1,5-8,15H,4,9-10H2,2H3. The van der Waals surface area contributed by atoms with Gasteiger partial charge in [-0.1, -0.05) is 5.92 Å². The summed E-state index contributed by atoms with van der Waals surface area (Å²) in [6, 6.07) is 5.83. The second kappa shape index (κ2) is 6.66. The summed E-state index contributed by atoms with van der Waals surface area (Å²) < 4.78 is 12.8. The lowest BCUT2D eigenvalue weighted by Gasteiger charge is -2.21. The molecule has 0 radical (unpaired) electrons. The van der Waals surface area contributed by atoms with Crippen LogP contribution in [-0.2, 0) is 4.79 Å². The van der Waals surface area contributed by atoms with Crippen LogP contribution in [0.25, 0.3) is 0 Å². The zero-order valence-electron chi connectivity index (χ0n) is 9.74. The zero-order valence-corrected chi connectivity index (χ0v) is 9.74. The lowest BCUT2D eigenvalue weighted by molar-refractivity contribution is -0.117. The van der Waals surface area contributed by atoms with Crippen LogP contribution < -0.4 is 10.2 Å². The van der Waals surface area contributed by atoms with Gasteiger partial charge in [-0.05, 0) is 31.2 Å². The summed E-state index contributed by atoms with van der Waals surface area (Å²) in [4.78, 5) is 13.4. The molecular formula is C13H15FN2O. The fourth-order valence-corrected chi connectivity index (χ4v) is 1.46. The third-order valence-corrected chi connectivity index (χ3v) is 2.26. The van der Waals surface area contributed by atoms with Crippen LogP contribution in [0.2, 0.25) is 0 Å². The molecule has 1 aromatic carbocycles. The maximum absolute atomic E-state index is 12.8. The van der Waals surface area contributed by atoms with Crippen molar-refractivity contribution in [2.75, 3.05) is 24.5 Å². The number of anilines is 1. The molecule has 1 N–H and O–H groups in total. The Labute approximate surface area is 101 Å². The van der Waals surface area contributed by atoms with E-state index in [1.54, 1.807) is 17.0 Å². The van der Waals surface area contributed by atoms with Crippen molar-refractivity contribution in [2.45, 2.75) is 6.92 Å². The summed E-state index contributed by atoms with van der Waals surface area (Å²) >= 11 is 0. The third-order valence-electron chi connectivity index (χ3n) is 2.26. The molecule has 0 saturated carbocycles.